The number of nitrogens with zero attached hydrogens (tertiary/aromatic N) is 4. The monoisotopic (exact) mass is 237 g/mol. The second-order valence-electron chi connectivity index (χ2n) is 3.86. The highest BCUT2D eigenvalue weighted by molar-refractivity contribution is 7.15. The molecule has 0 saturated carbocycles. The van der Waals surface area contributed by atoms with Gasteiger partial charge in [-0.15, -0.1) is 11.3 Å². The van der Waals surface area contributed by atoms with Gasteiger partial charge in [0.25, 0.3) is 0 Å². The first kappa shape index (κ1) is 11.1. The first-order valence-corrected chi connectivity index (χ1v) is 5.81. The van der Waals surface area contributed by atoms with Crippen LogP contribution in [0.4, 0.5) is 5.13 Å². The molecular weight excluding hydrogens is 222 g/mol. The Morgan fingerprint density at radius 1 is 1.44 bits per heavy atom. The summed E-state index contributed by atoms with van der Waals surface area (Å²) < 4.78 is 1.81. The van der Waals surface area contributed by atoms with Gasteiger partial charge in [-0.3, -0.25) is 9.58 Å². The molecule has 0 aliphatic heterocycles. The van der Waals surface area contributed by atoms with Gasteiger partial charge in [-0.1, -0.05) is 0 Å². The molecule has 0 amide bonds. The third-order valence-corrected chi connectivity index (χ3v) is 3.02. The average Bonchev–Trinajstić information content (AvgIpc) is 2.76. The van der Waals surface area contributed by atoms with E-state index in [0.29, 0.717) is 5.13 Å². The third-order valence-electron chi connectivity index (χ3n) is 2.21. The maximum Gasteiger partial charge on any atom is 0.180 e. The van der Waals surface area contributed by atoms with Crippen molar-refractivity contribution in [2.75, 3.05) is 12.8 Å². The minimum atomic E-state index is 0.629. The number of aryl methyl sites for hydroxylation is 1. The van der Waals surface area contributed by atoms with Crippen molar-refractivity contribution in [3.05, 3.63) is 29.0 Å². The number of thiazole rings is 1. The molecule has 0 aromatic carbocycles. The molecule has 0 bridgehead atoms. The summed E-state index contributed by atoms with van der Waals surface area (Å²) in [4.78, 5) is 7.43. The summed E-state index contributed by atoms with van der Waals surface area (Å²) >= 11 is 1.54. The largest absolute Gasteiger partial charge is 0.375 e. The fourth-order valence-corrected chi connectivity index (χ4v) is 2.35. The van der Waals surface area contributed by atoms with Crippen molar-refractivity contribution in [1.82, 2.24) is 19.7 Å². The molecule has 0 radical (unpaired) electrons. The number of rotatable bonds is 4. The van der Waals surface area contributed by atoms with E-state index in [4.69, 9.17) is 5.73 Å². The summed E-state index contributed by atoms with van der Waals surface area (Å²) in [5.41, 5.74) is 6.80. The van der Waals surface area contributed by atoms with Crippen LogP contribution in [0.15, 0.2) is 18.6 Å². The Hall–Kier alpha value is -1.40. The van der Waals surface area contributed by atoms with E-state index >= 15 is 0 Å². The molecule has 2 aromatic rings. The Morgan fingerprint density at radius 2 is 2.25 bits per heavy atom. The zero-order valence-corrected chi connectivity index (χ0v) is 10.2. The summed E-state index contributed by atoms with van der Waals surface area (Å²) in [6.45, 7) is 1.75. The molecule has 0 fully saturated rings. The van der Waals surface area contributed by atoms with Crippen LogP contribution in [-0.2, 0) is 20.1 Å². The molecule has 0 saturated heterocycles. The van der Waals surface area contributed by atoms with E-state index in [1.807, 2.05) is 30.3 Å². The van der Waals surface area contributed by atoms with E-state index in [1.54, 1.807) is 0 Å². The average molecular weight is 237 g/mol. The van der Waals surface area contributed by atoms with Crippen molar-refractivity contribution in [2.24, 2.45) is 7.05 Å². The first-order valence-electron chi connectivity index (χ1n) is 5.00. The SMILES string of the molecule is CN(Cc1cnn(C)c1)Cc1cnc(N)s1. The molecule has 0 spiro atoms. The van der Waals surface area contributed by atoms with Crippen molar-refractivity contribution >= 4 is 16.5 Å². The van der Waals surface area contributed by atoms with Gasteiger partial charge in [0.1, 0.15) is 0 Å². The number of nitrogen functional groups attached to an aromatic ring is 1. The number of anilines is 1. The fraction of sp³-hybridized carbons (Fsp3) is 0.400. The van der Waals surface area contributed by atoms with Gasteiger partial charge in [-0.25, -0.2) is 4.98 Å². The number of hydrogen-bond donors (Lipinski definition) is 1. The van der Waals surface area contributed by atoms with Crippen LogP contribution in [0.25, 0.3) is 0 Å². The summed E-state index contributed by atoms with van der Waals surface area (Å²) in [6, 6.07) is 0. The zero-order chi connectivity index (χ0) is 11.5. The molecule has 5 nitrogen and oxygen atoms in total. The van der Waals surface area contributed by atoms with Gasteiger partial charge in [-0.2, -0.15) is 5.10 Å². The summed E-state index contributed by atoms with van der Waals surface area (Å²) in [6.07, 6.45) is 5.74. The Bertz CT molecular complexity index is 419. The van der Waals surface area contributed by atoms with E-state index in [2.05, 4.69) is 22.0 Å². The predicted molar refractivity (Wildman–Crippen MR) is 64.9 cm³/mol. The van der Waals surface area contributed by atoms with Gasteiger partial charge >= 0.3 is 0 Å². The quantitative estimate of drug-likeness (QED) is 0.864. The molecule has 2 rings (SSSR count). The second kappa shape index (κ2) is 4.63. The summed E-state index contributed by atoms with van der Waals surface area (Å²) in [7, 11) is 4.00. The van der Waals surface area contributed by atoms with Gasteiger partial charge in [0.05, 0.1) is 6.20 Å². The molecule has 86 valence electrons. The van der Waals surface area contributed by atoms with Crippen LogP contribution in [0.2, 0.25) is 0 Å². The molecule has 0 atom stereocenters. The normalized spacial score (nSPS) is 11.2. The molecule has 2 heterocycles. The van der Waals surface area contributed by atoms with E-state index in [9.17, 15) is 0 Å². The summed E-state index contributed by atoms with van der Waals surface area (Å²) in [5, 5.41) is 4.77. The summed E-state index contributed by atoms with van der Waals surface area (Å²) in [5.74, 6) is 0. The minimum absolute atomic E-state index is 0.629. The van der Waals surface area contributed by atoms with Crippen molar-refractivity contribution in [3.8, 4) is 0 Å². The molecule has 2 N–H and O–H groups in total. The highest BCUT2D eigenvalue weighted by Crippen LogP contribution is 2.16. The molecular formula is C10H15N5S. The molecule has 0 unspecified atom stereocenters. The lowest BCUT2D eigenvalue weighted by Crippen LogP contribution is -2.16. The molecule has 16 heavy (non-hydrogen) atoms. The van der Waals surface area contributed by atoms with E-state index in [0.717, 1.165) is 13.1 Å². The highest BCUT2D eigenvalue weighted by Gasteiger charge is 2.05. The predicted octanol–water partition coefficient (Wildman–Crippen LogP) is 1.09. The van der Waals surface area contributed by atoms with Gasteiger partial charge in [0.2, 0.25) is 0 Å². The number of aromatic nitrogens is 3. The smallest absolute Gasteiger partial charge is 0.180 e. The van der Waals surface area contributed by atoms with Crippen molar-refractivity contribution in [1.29, 1.82) is 0 Å². The fourth-order valence-electron chi connectivity index (χ4n) is 1.58. The van der Waals surface area contributed by atoms with Crippen LogP contribution in [0, 0.1) is 0 Å². The Labute approximate surface area is 98.5 Å². The van der Waals surface area contributed by atoms with Crippen LogP contribution in [0.5, 0.6) is 0 Å². The third kappa shape index (κ3) is 2.80. The van der Waals surface area contributed by atoms with Gasteiger partial charge < -0.3 is 5.73 Å². The van der Waals surface area contributed by atoms with E-state index in [-0.39, 0.29) is 0 Å². The maximum atomic E-state index is 5.59. The lowest BCUT2D eigenvalue weighted by atomic mass is 10.3. The lowest BCUT2D eigenvalue weighted by Gasteiger charge is -2.13. The minimum Gasteiger partial charge on any atom is -0.375 e. The van der Waals surface area contributed by atoms with E-state index in [1.165, 1.54) is 21.8 Å². The lowest BCUT2D eigenvalue weighted by molar-refractivity contribution is 0.321. The number of hydrogen-bond acceptors (Lipinski definition) is 5. The van der Waals surface area contributed by atoms with Crippen LogP contribution in [0.3, 0.4) is 0 Å². The molecule has 2 aromatic heterocycles. The molecule has 6 heteroatoms. The zero-order valence-electron chi connectivity index (χ0n) is 9.42. The van der Waals surface area contributed by atoms with Crippen LogP contribution >= 0.6 is 11.3 Å². The number of nitrogens with two attached hydrogens (primary N) is 1. The van der Waals surface area contributed by atoms with Crippen LogP contribution in [0.1, 0.15) is 10.4 Å². The highest BCUT2D eigenvalue weighted by atomic mass is 32.1. The first-order chi connectivity index (χ1) is 7.63. The topological polar surface area (TPSA) is 60.0 Å². The molecule has 0 aliphatic rings. The Balaban J connectivity index is 1.91. The van der Waals surface area contributed by atoms with Crippen LogP contribution in [-0.4, -0.2) is 26.7 Å². The van der Waals surface area contributed by atoms with Crippen LogP contribution < -0.4 is 5.73 Å². The second-order valence-corrected chi connectivity index (χ2v) is 5.01. The van der Waals surface area contributed by atoms with Gasteiger partial charge in [0.15, 0.2) is 5.13 Å². The van der Waals surface area contributed by atoms with Gasteiger partial charge in [0, 0.05) is 43.0 Å². The maximum absolute atomic E-state index is 5.59. The van der Waals surface area contributed by atoms with Crippen molar-refractivity contribution in [2.45, 2.75) is 13.1 Å². The van der Waals surface area contributed by atoms with Gasteiger partial charge in [-0.05, 0) is 7.05 Å². The van der Waals surface area contributed by atoms with Crippen molar-refractivity contribution in [3.63, 3.8) is 0 Å². The standard InChI is InChI=1S/C10H15N5S/c1-14(5-8-3-13-15(2)6-8)7-9-4-12-10(11)16-9/h3-4,6H,5,7H2,1-2H3,(H2,11,12). The van der Waals surface area contributed by atoms with E-state index < -0.39 is 0 Å². The molecule has 0 aliphatic carbocycles. The Morgan fingerprint density at radius 3 is 2.81 bits per heavy atom. The Kier molecular flexibility index (Phi) is 3.21. The van der Waals surface area contributed by atoms with Crippen molar-refractivity contribution < 1.29 is 0 Å².